The van der Waals surface area contributed by atoms with Crippen LogP contribution in [0.1, 0.15) is 16.9 Å². The van der Waals surface area contributed by atoms with Crippen LogP contribution < -0.4 is 5.32 Å². The number of anilines is 1. The second-order valence-electron chi connectivity index (χ2n) is 8.27. The molecule has 2 heterocycles. The molecule has 0 unspecified atom stereocenters. The summed E-state index contributed by atoms with van der Waals surface area (Å²) in [5, 5.41) is 4.13. The van der Waals surface area contributed by atoms with Crippen molar-refractivity contribution in [3.8, 4) is 22.8 Å². The summed E-state index contributed by atoms with van der Waals surface area (Å²) >= 11 is 18.8. The highest BCUT2D eigenvalue weighted by atomic mass is 35.5. The van der Waals surface area contributed by atoms with E-state index in [1.807, 2.05) is 32.0 Å². The highest BCUT2D eigenvalue weighted by molar-refractivity contribution is 6.43. The lowest BCUT2D eigenvalue weighted by molar-refractivity contribution is -0.111. The van der Waals surface area contributed by atoms with E-state index in [0.29, 0.717) is 54.9 Å². The first-order chi connectivity index (χ1) is 17.3. The van der Waals surface area contributed by atoms with Crippen LogP contribution >= 0.6 is 34.8 Å². The number of aromatic nitrogens is 1. The zero-order chi connectivity index (χ0) is 25.4. The fourth-order valence-electron chi connectivity index (χ4n) is 3.88. The van der Waals surface area contributed by atoms with E-state index in [9.17, 15) is 4.79 Å². The minimum atomic E-state index is -0.342. The molecule has 5 rings (SSSR count). The number of rotatable bonds is 5. The lowest BCUT2D eigenvalue weighted by atomic mass is 10.1. The first kappa shape index (κ1) is 24.2. The van der Waals surface area contributed by atoms with Gasteiger partial charge in [-0.1, -0.05) is 46.9 Å². The van der Waals surface area contributed by atoms with E-state index in [-0.39, 0.29) is 5.91 Å². The normalized spacial score (nSPS) is 11.5. The van der Waals surface area contributed by atoms with Crippen molar-refractivity contribution in [3.63, 3.8) is 0 Å². The fourth-order valence-corrected chi connectivity index (χ4v) is 4.47. The molecule has 0 radical (unpaired) electrons. The van der Waals surface area contributed by atoms with Gasteiger partial charge in [0.2, 0.25) is 11.8 Å². The molecule has 180 valence electrons. The van der Waals surface area contributed by atoms with Gasteiger partial charge in [0.1, 0.15) is 17.0 Å². The number of oxazole rings is 1. The zero-order valence-electron chi connectivity index (χ0n) is 19.2. The minimum absolute atomic E-state index is 0.342. The molecule has 0 atom stereocenters. The molecule has 0 aliphatic carbocycles. The van der Waals surface area contributed by atoms with Crippen LogP contribution in [0.4, 0.5) is 5.69 Å². The molecule has 36 heavy (non-hydrogen) atoms. The largest absolute Gasteiger partial charge is 0.457 e. The van der Waals surface area contributed by atoms with E-state index in [0.717, 1.165) is 16.6 Å². The summed E-state index contributed by atoms with van der Waals surface area (Å²) in [7, 11) is 0. The molecule has 0 spiro atoms. The summed E-state index contributed by atoms with van der Waals surface area (Å²) < 4.78 is 11.8. The number of amides is 1. The molecule has 5 nitrogen and oxygen atoms in total. The van der Waals surface area contributed by atoms with Crippen molar-refractivity contribution >= 4 is 63.6 Å². The lowest BCUT2D eigenvalue weighted by Crippen LogP contribution is -2.07. The summed E-state index contributed by atoms with van der Waals surface area (Å²) in [6, 6.07) is 17.9. The van der Waals surface area contributed by atoms with Crippen molar-refractivity contribution in [2.24, 2.45) is 0 Å². The number of nitrogens with zero attached hydrogens (tertiary/aromatic N) is 1. The predicted molar refractivity (Wildman–Crippen MR) is 146 cm³/mol. The lowest BCUT2D eigenvalue weighted by Gasteiger charge is -2.05. The van der Waals surface area contributed by atoms with E-state index in [1.165, 1.54) is 6.08 Å². The quantitative estimate of drug-likeness (QED) is 0.227. The van der Waals surface area contributed by atoms with E-state index >= 15 is 0 Å². The van der Waals surface area contributed by atoms with E-state index < -0.39 is 0 Å². The molecule has 3 aromatic carbocycles. The molecule has 0 aliphatic rings. The Morgan fingerprint density at radius 2 is 1.75 bits per heavy atom. The Morgan fingerprint density at radius 3 is 2.58 bits per heavy atom. The van der Waals surface area contributed by atoms with Crippen LogP contribution in [0.2, 0.25) is 15.1 Å². The van der Waals surface area contributed by atoms with Gasteiger partial charge in [0, 0.05) is 17.3 Å². The van der Waals surface area contributed by atoms with E-state index in [4.69, 9.17) is 43.6 Å². The second kappa shape index (κ2) is 9.86. The third-order valence-corrected chi connectivity index (χ3v) is 6.68. The van der Waals surface area contributed by atoms with Crippen molar-refractivity contribution in [1.82, 2.24) is 4.98 Å². The molecular formula is C28H19Cl3N2O3. The number of hydrogen-bond acceptors (Lipinski definition) is 4. The number of nitrogens with one attached hydrogen (secondary N) is 1. The molecule has 8 heteroatoms. The summed E-state index contributed by atoms with van der Waals surface area (Å²) in [6.45, 7) is 3.98. The highest BCUT2D eigenvalue weighted by Crippen LogP contribution is 2.35. The average molecular weight is 538 g/mol. The summed E-state index contributed by atoms with van der Waals surface area (Å²) in [4.78, 5) is 17.2. The molecule has 0 saturated carbocycles. The van der Waals surface area contributed by atoms with Gasteiger partial charge >= 0.3 is 0 Å². The van der Waals surface area contributed by atoms with E-state index in [1.54, 1.807) is 48.5 Å². The van der Waals surface area contributed by atoms with Crippen LogP contribution in [-0.4, -0.2) is 10.9 Å². The Labute approximate surface area is 222 Å². The monoisotopic (exact) mass is 536 g/mol. The van der Waals surface area contributed by atoms with Gasteiger partial charge in [-0.3, -0.25) is 4.79 Å². The van der Waals surface area contributed by atoms with Crippen LogP contribution in [0.15, 0.2) is 75.6 Å². The molecule has 0 saturated heterocycles. The van der Waals surface area contributed by atoms with Crippen molar-refractivity contribution in [2.45, 2.75) is 13.8 Å². The smallest absolute Gasteiger partial charge is 0.248 e. The van der Waals surface area contributed by atoms with Crippen molar-refractivity contribution in [3.05, 3.63) is 98.7 Å². The van der Waals surface area contributed by atoms with Gasteiger partial charge in [0.05, 0.1) is 20.6 Å². The molecule has 0 bridgehead atoms. The van der Waals surface area contributed by atoms with Crippen molar-refractivity contribution < 1.29 is 13.6 Å². The predicted octanol–water partition coefficient (Wildman–Crippen LogP) is 8.98. The van der Waals surface area contributed by atoms with Gasteiger partial charge in [-0.25, -0.2) is 4.98 Å². The standard InChI is InChI=1S/C28H19Cl3N2O3/c1-15-12-16(2)27-23(13-15)33-28(36-27)20-14-17(6-9-21(20)29)32-25(34)11-8-18-7-10-24(35-18)19-4-3-5-22(30)26(19)31/h3-14H,1-2H3,(H,32,34). The molecule has 1 N–H and O–H groups in total. The minimum Gasteiger partial charge on any atom is -0.457 e. The third-order valence-electron chi connectivity index (χ3n) is 5.53. The Balaban J connectivity index is 1.34. The topological polar surface area (TPSA) is 68.3 Å². The van der Waals surface area contributed by atoms with E-state index in [2.05, 4.69) is 10.3 Å². The number of hydrogen-bond donors (Lipinski definition) is 1. The second-order valence-corrected chi connectivity index (χ2v) is 9.46. The fraction of sp³-hybridized carbons (Fsp3) is 0.0714. The summed E-state index contributed by atoms with van der Waals surface area (Å²) in [6.07, 6.45) is 2.95. The number of aryl methyl sites for hydroxylation is 2. The number of furan rings is 1. The van der Waals surface area contributed by atoms with Gasteiger partial charge < -0.3 is 14.2 Å². The maximum absolute atomic E-state index is 12.6. The zero-order valence-corrected chi connectivity index (χ0v) is 21.5. The van der Waals surface area contributed by atoms with Crippen LogP contribution in [0.5, 0.6) is 0 Å². The first-order valence-electron chi connectivity index (χ1n) is 11.0. The highest BCUT2D eigenvalue weighted by Gasteiger charge is 2.15. The van der Waals surface area contributed by atoms with Crippen LogP contribution in [0, 0.1) is 13.8 Å². The third kappa shape index (κ3) is 4.91. The van der Waals surface area contributed by atoms with Gasteiger partial charge in [0.15, 0.2) is 5.58 Å². The number of halogens is 3. The molecule has 1 amide bonds. The molecule has 0 fully saturated rings. The maximum Gasteiger partial charge on any atom is 0.248 e. The van der Waals surface area contributed by atoms with Crippen LogP contribution in [0.3, 0.4) is 0 Å². The van der Waals surface area contributed by atoms with Gasteiger partial charge in [-0.05, 0) is 79.6 Å². The van der Waals surface area contributed by atoms with Crippen molar-refractivity contribution in [1.29, 1.82) is 0 Å². The van der Waals surface area contributed by atoms with Gasteiger partial charge in [-0.15, -0.1) is 0 Å². The first-order valence-corrected chi connectivity index (χ1v) is 12.1. The van der Waals surface area contributed by atoms with Crippen LogP contribution in [0.25, 0.3) is 40.0 Å². The summed E-state index contributed by atoms with van der Waals surface area (Å²) in [5.74, 6) is 1.09. The molecule has 2 aromatic heterocycles. The van der Waals surface area contributed by atoms with Gasteiger partial charge in [0.25, 0.3) is 0 Å². The Morgan fingerprint density at radius 1 is 0.917 bits per heavy atom. The molecule has 5 aromatic rings. The van der Waals surface area contributed by atoms with Crippen molar-refractivity contribution in [2.75, 3.05) is 5.32 Å². The Bertz CT molecular complexity index is 1650. The Hall–Kier alpha value is -3.51. The summed E-state index contributed by atoms with van der Waals surface area (Å²) in [5.41, 5.74) is 5.36. The van der Waals surface area contributed by atoms with Crippen LogP contribution in [-0.2, 0) is 4.79 Å². The van der Waals surface area contributed by atoms with Gasteiger partial charge in [-0.2, -0.15) is 0 Å². The SMILES string of the molecule is Cc1cc(C)c2oc(-c3cc(NC(=O)C=Cc4ccc(-c5cccc(Cl)c5Cl)o4)ccc3Cl)nc2c1. The maximum atomic E-state index is 12.6. The molecular weight excluding hydrogens is 519 g/mol. The number of carbonyl (C=O) groups excluding carboxylic acids is 1. The average Bonchev–Trinajstić information content (AvgIpc) is 3.48. The number of benzene rings is 3. The number of fused-ring (bicyclic) bond motifs is 1. The number of carbonyl (C=O) groups is 1. The molecule has 0 aliphatic heterocycles. The Kier molecular flexibility index (Phi) is 6.63.